The van der Waals surface area contributed by atoms with Crippen LogP contribution >= 0.6 is 15.9 Å². The number of aliphatic hydroxyl groups excluding tert-OH is 1. The molecule has 1 aliphatic rings. The molecule has 0 bridgehead atoms. The minimum Gasteiger partial charge on any atom is -0.396 e. The van der Waals surface area contributed by atoms with Crippen LogP contribution in [0.1, 0.15) is 25.3 Å². The van der Waals surface area contributed by atoms with Gasteiger partial charge in [0.2, 0.25) is 0 Å². The van der Waals surface area contributed by atoms with Crippen LogP contribution in [0.5, 0.6) is 0 Å². The van der Waals surface area contributed by atoms with Crippen LogP contribution in [-0.2, 0) is 6.54 Å². The number of aromatic nitrogens is 1. The molecule has 0 amide bonds. The van der Waals surface area contributed by atoms with E-state index in [1.807, 2.05) is 12.3 Å². The van der Waals surface area contributed by atoms with E-state index in [9.17, 15) is 5.11 Å². The van der Waals surface area contributed by atoms with Crippen LogP contribution in [0.2, 0.25) is 0 Å². The number of pyridine rings is 1. The van der Waals surface area contributed by atoms with Gasteiger partial charge in [-0.25, -0.2) is 0 Å². The third-order valence-electron chi connectivity index (χ3n) is 4.54. The third kappa shape index (κ3) is 3.12. The molecule has 4 heteroatoms. The van der Waals surface area contributed by atoms with Gasteiger partial charge in [0.15, 0.2) is 0 Å². The summed E-state index contributed by atoms with van der Waals surface area (Å²) in [6, 6.07) is 8.91. The predicted molar refractivity (Wildman–Crippen MR) is 89.1 cm³/mol. The molecule has 0 saturated carbocycles. The summed E-state index contributed by atoms with van der Waals surface area (Å²) in [5.41, 5.74) is 2.34. The summed E-state index contributed by atoms with van der Waals surface area (Å²) >= 11 is 3.60. The van der Waals surface area contributed by atoms with Crippen molar-refractivity contribution in [3.05, 3.63) is 40.5 Å². The lowest BCUT2D eigenvalue weighted by molar-refractivity contribution is 0.0774. The molecule has 3 nitrogen and oxygen atoms in total. The first-order chi connectivity index (χ1) is 10.2. The van der Waals surface area contributed by atoms with E-state index in [0.717, 1.165) is 35.9 Å². The van der Waals surface area contributed by atoms with E-state index in [1.165, 1.54) is 10.9 Å². The van der Waals surface area contributed by atoms with Gasteiger partial charge in [-0.2, -0.15) is 0 Å². The van der Waals surface area contributed by atoms with Crippen molar-refractivity contribution in [1.29, 1.82) is 0 Å². The molecule has 1 aromatic heterocycles. The molecule has 112 valence electrons. The van der Waals surface area contributed by atoms with Crippen LogP contribution in [0.3, 0.4) is 0 Å². The van der Waals surface area contributed by atoms with E-state index in [1.54, 1.807) is 0 Å². The minimum atomic E-state index is 0.294. The first kappa shape index (κ1) is 14.9. The molecule has 2 heterocycles. The molecular formula is C17H21BrN2O. The topological polar surface area (TPSA) is 36.4 Å². The maximum atomic E-state index is 9.42. The summed E-state index contributed by atoms with van der Waals surface area (Å²) in [7, 11) is 0. The number of rotatable bonds is 3. The zero-order valence-corrected chi connectivity index (χ0v) is 13.9. The Labute approximate surface area is 134 Å². The summed E-state index contributed by atoms with van der Waals surface area (Å²) in [6.07, 6.45) is 4.15. The number of benzene rings is 1. The molecular weight excluding hydrogens is 328 g/mol. The number of fused-ring (bicyclic) bond motifs is 1. The van der Waals surface area contributed by atoms with Crippen LogP contribution in [-0.4, -0.2) is 34.2 Å². The second-order valence-corrected chi connectivity index (χ2v) is 6.86. The average molecular weight is 349 g/mol. The highest BCUT2D eigenvalue weighted by Gasteiger charge is 2.25. The van der Waals surface area contributed by atoms with Gasteiger partial charge in [-0.05, 0) is 43.4 Å². The summed E-state index contributed by atoms with van der Waals surface area (Å²) in [6.45, 7) is 4.45. The van der Waals surface area contributed by atoms with Crippen LogP contribution < -0.4 is 0 Å². The molecule has 21 heavy (non-hydrogen) atoms. The van der Waals surface area contributed by atoms with Gasteiger partial charge in [-0.3, -0.25) is 9.88 Å². The van der Waals surface area contributed by atoms with Gasteiger partial charge in [0, 0.05) is 41.8 Å². The lowest BCUT2D eigenvalue weighted by Crippen LogP contribution is -2.42. The van der Waals surface area contributed by atoms with Gasteiger partial charge in [0.05, 0.1) is 5.52 Å². The van der Waals surface area contributed by atoms with Gasteiger partial charge in [0.25, 0.3) is 0 Å². The van der Waals surface area contributed by atoms with E-state index in [-0.39, 0.29) is 0 Å². The molecule has 1 N–H and O–H groups in total. The first-order valence-electron chi connectivity index (χ1n) is 7.56. The highest BCUT2D eigenvalue weighted by atomic mass is 79.9. The maximum Gasteiger partial charge on any atom is 0.0758 e. The Morgan fingerprint density at radius 1 is 1.33 bits per heavy atom. The largest absolute Gasteiger partial charge is 0.396 e. The number of nitrogens with zero attached hydrogens (tertiary/aromatic N) is 2. The van der Waals surface area contributed by atoms with Crippen LogP contribution in [0.15, 0.2) is 34.9 Å². The highest BCUT2D eigenvalue weighted by molar-refractivity contribution is 9.10. The average Bonchev–Trinajstić information content (AvgIpc) is 2.52. The Bertz CT molecular complexity index is 631. The van der Waals surface area contributed by atoms with Gasteiger partial charge in [-0.15, -0.1) is 0 Å². The fourth-order valence-corrected chi connectivity index (χ4v) is 3.63. The predicted octanol–water partition coefficient (Wildman–Crippen LogP) is 3.59. The summed E-state index contributed by atoms with van der Waals surface area (Å²) < 4.78 is 1.09. The summed E-state index contributed by atoms with van der Waals surface area (Å²) in [5, 5.41) is 10.6. The number of halogens is 1. The molecule has 1 aromatic carbocycles. The Balaban J connectivity index is 1.89. The van der Waals surface area contributed by atoms with Crippen LogP contribution in [0.25, 0.3) is 10.9 Å². The molecule has 1 fully saturated rings. The SMILES string of the molecule is CC1CCC(CO)CN1Cc1ccc(Br)c2cccnc12. The van der Waals surface area contributed by atoms with Crippen molar-refractivity contribution in [3.63, 3.8) is 0 Å². The number of aliphatic hydroxyl groups is 1. The fraction of sp³-hybridized carbons (Fsp3) is 0.471. The zero-order chi connectivity index (χ0) is 14.8. The summed E-state index contributed by atoms with van der Waals surface area (Å²) in [5.74, 6) is 0.413. The molecule has 2 atom stereocenters. The number of hydrogen-bond acceptors (Lipinski definition) is 3. The summed E-state index contributed by atoms with van der Waals surface area (Å²) in [4.78, 5) is 7.04. The second-order valence-electron chi connectivity index (χ2n) is 6.01. The van der Waals surface area contributed by atoms with Crippen molar-refractivity contribution in [2.75, 3.05) is 13.2 Å². The lowest BCUT2D eigenvalue weighted by atomic mass is 9.93. The van der Waals surface area contributed by atoms with E-state index in [2.05, 4.69) is 50.9 Å². The van der Waals surface area contributed by atoms with E-state index >= 15 is 0 Å². The number of piperidine rings is 1. The van der Waals surface area contributed by atoms with E-state index in [0.29, 0.717) is 18.6 Å². The molecule has 1 saturated heterocycles. The van der Waals surface area contributed by atoms with Gasteiger partial charge in [-0.1, -0.05) is 28.1 Å². The molecule has 2 unspecified atom stereocenters. The Hall–Kier alpha value is -0.970. The Kier molecular flexibility index (Phi) is 4.57. The maximum absolute atomic E-state index is 9.42. The van der Waals surface area contributed by atoms with Gasteiger partial charge >= 0.3 is 0 Å². The standard InChI is InChI=1S/C17H21BrN2O/c1-12-4-5-13(11-21)9-20(12)10-14-6-7-16(18)15-3-2-8-19-17(14)15/h2-3,6-8,12-13,21H,4-5,9-11H2,1H3. The van der Waals surface area contributed by atoms with Crippen LogP contribution in [0.4, 0.5) is 0 Å². The van der Waals surface area contributed by atoms with Crippen molar-refractivity contribution in [2.24, 2.45) is 5.92 Å². The Morgan fingerprint density at radius 3 is 3.00 bits per heavy atom. The highest BCUT2D eigenvalue weighted by Crippen LogP contribution is 2.28. The van der Waals surface area contributed by atoms with Gasteiger partial charge < -0.3 is 5.11 Å². The minimum absolute atomic E-state index is 0.294. The van der Waals surface area contributed by atoms with Crippen molar-refractivity contribution >= 4 is 26.8 Å². The quantitative estimate of drug-likeness (QED) is 0.920. The fourth-order valence-electron chi connectivity index (χ4n) is 3.17. The Morgan fingerprint density at radius 2 is 2.19 bits per heavy atom. The zero-order valence-electron chi connectivity index (χ0n) is 12.3. The lowest BCUT2D eigenvalue weighted by Gasteiger charge is -2.37. The van der Waals surface area contributed by atoms with Gasteiger partial charge in [0.1, 0.15) is 0 Å². The third-order valence-corrected chi connectivity index (χ3v) is 5.23. The van der Waals surface area contributed by atoms with E-state index < -0.39 is 0 Å². The molecule has 0 spiro atoms. The van der Waals surface area contributed by atoms with Crippen molar-refractivity contribution in [1.82, 2.24) is 9.88 Å². The molecule has 2 aromatic rings. The van der Waals surface area contributed by atoms with E-state index in [4.69, 9.17) is 0 Å². The monoisotopic (exact) mass is 348 g/mol. The number of likely N-dealkylation sites (tertiary alicyclic amines) is 1. The molecule has 3 rings (SSSR count). The van der Waals surface area contributed by atoms with Crippen LogP contribution in [0, 0.1) is 5.92 Å². The van der Waals surface area contributed by atoms with Crippen molar-refractivity contribution in [3.8, 4) is 0 Å². The van der Waals surface area contributed by atoms with Crippen molar-refractivity contribution < 1.29 is 5.11 Å². The number of hydrogen-bond donors (Lipinski definition) is 1. The first-order valence-corrected chi connectivity index (χ1v) is 8.35. The normalized spacial score (nSPS) is 23.6. The second kappa shape index (κ2) is 6.42. The molecule has 0 radical (unpaired) electrons. The molecule has 1 aliphatic heterocycles. The van der Waals surface area contributed by atoms with Crippen molar-refractivity contribution in [2.45, 2.75) is 32.4 Å². The molecule has 0 aliphatic carbocycles. The smallest absolute Gasteiger partial charge is 0.0758 e.